The summed E-state index contributed by atoms with van der Waals surface area (Å²) in [4.78, 5) is 11.3. The summed E-state index contributed by atoms with van der Waals surface area (Å²) in [5.41, 5.74) is 14.6. The molecule has 1 aromatic rings. The predicted molar refractivity (Wildman–Crippen MR) is 97.7 cm³/mol. The minimum atomic E-state index is 0.120. The van der Waals surface area contributed by atoms with Gasteiger partial charge in [-0.15, -0.1) is 0 Å². The van der Waals surface area contributed by atoms with Crippen molar-refractivity contribution >= 4 is 0 Å². The highest BCUT2D eigenvalue weighted by Crippen LogP contribution is 2.38. The smallest absolute Gasteiger partial charge is 0.131 e. The lowest BCUT2D eigenvalue weighted by Gasteiger charge is -2.37. The molecule has 25 heavy (non-hydrogen) atoms. The van der Waals surface area contributed by atoms with Crippen LogP contribution in [0.3, 0.4) is 0 Å². The highest BCUT2D eigenvalue weighted by molar-refractivity contribution is 5.22. The van der Waals surface area contributed by atoms with Gasteiger partial charge in [0.25, 0.3) is 0 Å². The molecule has 2 unspecified atom stereocenters. The second kappa shape index (κ2) is 7.63. The summed E-state index contributed by atoms with van der Waals surface area (Å²) in [6.07, 6.45) is 8.56. The van der Waals surface area contributed by atoms with Crippen molar-refractivity contribution in [1.82, 2.24) is 25.5 Å². The maximum Gasteiger partial charge on any atom is 0.131 e. The summed E-state index contributed by atoms with van der Waals surface area (Å²) in [7, 11) is 0. The molecule has 0 spiro atoms. The topological polar surface area (TPSA) is 105 Å². The Morgan fingerprint density at radius 1 is 1.16 bits per heavy atom. The average molecular weight is 345 g/mol. The van der Waals surface area contributed by atoms with E-state index in [2.05, 4.69) is 25.5 Å². The van der Waals surface area contributed by atoms with Gasteiger partial charge in [0, 0.05) is 62.5 Å². The van der Waals surface area contributed by atoms with Crippen molar-refractivity contribution in [2.45, 2.75) is 56.9 Å². The van der Waals surface area contributed by atoms with Crippen molar-refractivity contribution in [3.63, 3.8) is 0 Å². The van der Waals surface area contributed by atoms with E-state index in [1.54, 1.807) is 0 Å². The number of nitrogens with one attached hydrogen (secondary N) is 2. The molecule has 2 aliphatic carbocycles. The molecule has 6 N–H and O–H groups in total. The molecule has 1 saturated heterocycles. The van der Waals surface area contributed by atoms with Gasteiger partial charge in [0.05, 0.1) is 12.3 Å². The zero-order chi connectivity index (χ0) is 17.2. The zero-order valence-electron chi connectivity index (χ0n) is 15.0. The summed E-state index contributed by atoms with van der Waals surface area (Å²) in [6.45, 7) is 4.90. The van der Waals surface area contributed by atoms with Crippen molar-refractivity contribution < 1.29 is 0 Å². The Bertz CT molecular complexity index is 585. The van der Waals surface area contributed by atoms with Crippen LogP contribution in [0.1, 0.15) is 48.7 Å². The lowest BCUT2D eigenvalue weighted by molar-refractivity contribution is 0.0993. The van der Waals surface area contributed by atoms with Gasteiger partial charge in [0.1, 0.15) is 5.82 Å². The Hall–Kier alpha value is -1.12. The lowest BCUT2D eigenvalue weighted by Crippen LogP contribution is -2.61. The van der Waals surface area contributed by atoms with Crippen molar-refractivity contribution in [3.8, 4) is 0 Å². The van der Waals surface area contributed by atoms with Gasteiger partial charge in [0.15, 0.2) is 0 Å². The molecule has 0 radical (unpaired) electrons. The first kappa shape index (κ1) is 17.3. The quantitative estimate of drug-likeness (QED) is 0.605. The largest absolute Gasteiger partial charge is 0.315 e. The van der Waals surface area contributed by atoms with Crippen LogP contribution in [0.15, 0.2) is 6.20 Å². The number of hydrogen-bond donors (Lipinski definition) is 4. The highest BCUT2D eigenvalue weighted by atomic mass is 15.3. The molecule has 138 valence electrons. The summed E-state index contributed by atoms with van der Waals surface area (Å²) >= 11 is 0. The SMILES string of the molecule is NC1CNCCN1C(N)C1CC1.c1nc(C2CC2)nc2c1CNCC2. The summed E-state index contributed by atoms with van der Waals surface area (Å²) < 4.78 is 0. The van der Waals surface area contributed by atoms with Crippen LogP contribution in [0.5, 0.6) is 0 Å². The van der Waals surface area contributed by atoms with Crippen molar-refractivity contribution in [2.75, 3.05) is 26.2 Å². The van der Waals surface area contributed by atoms with E-state index in [0.29, 0.717) is 11.8 Å². The van der Waals surface area contributed by atoms with Gasteiger partial charge < -0.3 is 22.1 Å². The van der Waals surface area contributed by atoms with E-state index < -0.39 is 0 Å². The first-order valence-electron chi connectivity index (χ1n) is 9.75. The monoisotopic (exact) mass is 345 g/mol. The molecule has 0 aromatic carbocycles. The van der Waals surface area contributed by atoms with Gasteiger partial charge in [-0.05, 0) is 31.6 Å². The summed E-state index contributed by atoms with van der Waals surface area (Å²) in [6, 6.07) is 0. The first-order valence-corrected chi connectivity index (χ1v) is 9.75. The van der Waals surface area contributed by atoms with Gasteiger partial charge in [-0.2, -0.15) is 0 Å². The van der Waals surface area contributed by atoms with Crippen LogP contribution >= 0.6 is 0 Å². The number of hydrogen-bond acceptors (Lipinski definition) is 7. The van der Waals surface area contributed by atoms with E-state index in [1.807, 2.05) is 6.20 Å². The summed E-state index contributed by atoms with van der Waals surface area (Å²) in [5, 5.41) is 6.58. The molecular weight excluding hydrogens is 314 g/mol. The van der Waals surface area contributed by atoms with Crippen molar-refractivity contribution in [2.24, 2.45) is 17.4 Å². The molecular formula is C18H31N7. The molecule has 2 aliphatic heterocycles. The fourth-order valence-electron chi connectivity index (χ4n) is 3.61. The second-order valence-corrected chi connectivity index (χ2v) is 7.74. The third-order valence-electron chi connectivity index (χ3n) is 5.58. The molecule has 3 fully saturated rings. The Labute approximate surface area is 150 Å². The molecule has 0 bridgehead atoms. The Morgan fingerprint density at radius 2 is 2.00 bits per heavy atom. The Kier molecular flexibility index (Phi) is 5.28. The van der Waals surface area contributed by atoms with E-state index in [9.17, 15) is 0 Å². The van der Waals surface area contributed by atoms with Crippen LogP contribution in [0.4, 0.5) is 0 Å². The van der Waals surface area contributed by atoms with Crippen LogP contribution in [0.25, 0.3) is 0 Å². The van der Waals surface area contributed by atoms with Gasteiger partial charge in [-0.25, -0.2) is 9.97 Å². The Morgan fingerprint density at radius 3 is 2.72 bits per heavy atom. The minimum absolute atomic E-state index is 0.120. The predicted octanol–water partition coefficient (Wildman–Crippen LogP) is -0.129. The maximum atomic E-state index is 6.06. The maximum absolute atomic E-state index is 6.06. The van der Waals surface area contributed by atoms with E-state index >= 15 is 0 Å². The van der Waals surface area contributed by atoms with Crippen LogP contribution in [-0.2, 0) is 13.0 Å². The van der Waals surface area contributed by atoms with Gasteiger partial charge >= 0.3 is 0 Å². The third kappa shape index (κ3) is 4.35. The number of fused-ring (bicyclic) bond motifs is 1. The fourth-order valence-corrected chi connectivity index (χ4v) is 3.61. The normalized spacial score (nSPS) is 27.8. The van der Waals surface area contributed by atoms with E-state index in [4.69, 9.17) is 11.5 Å². The molecule has 2 saturated carbocycles. The number of piperazine rings is 1. The van der Waals surface area contributed by atoms with E-state index in [0.717, 1.165) is 45.0 Å². The minimum Gasteiger partial charge on any atom is -0.315 e. The number of rotatable bonds is 3. The molecule has 1 aromatic heterocycles. The lowest BCUT2D eigenvalue weighted by atomic mass is 10.1. The number of nitrogens with zero attached hydrogens (tertiary/aromatic N) is 3. The van der Waals surface area contributed by atoms with Crippen LogP contribution in [0.2, 0.25) is 0 Å². The molecule has 7 heteroatoms. The van der Waals surface area contributed by atoms with E-state index in [1.165, 1.54) is 36.9 Å². The standard InChI is InChI=1S/C10H13N3.C8H18N4/c1-2-7(1)10-12-6-8-5-11-4-3-9(8)13-10;9-7-5-11-3-4-12(7)8(10)6-1-2-6/h6-7,11H,1-5H2;6-8,11H,1-5,9-10H2. The molecule has 3 heterocycles. The molecule has 4 aliphatic rings. The number of nitrogens with two attached hydrogens (primary N) is 2. The van der Waals surface area contributed by atoms with Crippen molar-refractivity contribution in [3.05, 3.63) is 23.3 Å². The first-order chi connectivity index (χ1) is 12.2. The number of aromatic nitrogens is 2. The van der Waals surface area contributed by atoms with Crippen LogP contribution < -0.4 is 22.1 Å². The fraction of sp³-hybridized carbons (Fsp3) is 0.778. The third-order valence-corrected chi connectivity index (χ3v) is 5.58. The van der Waals surface area contributed by atoms with Crippen molar-refractivity contribution in [1.29, 1.82) is 0 Å². The van der Waals surface area contributed by atoms with Crippen LogP contribution in [-0.4, -0.2) is 53.4 Å². The molecule has 2 atom stereocenters. The average Bonchev–Trinajstić information content (AvgIpc) is 3.54. The van der Waals surface area contributed by atoms with Gasteiger partial charge in [-0.3, -0.25) is 4.90 Å². The van der Waals surface area contributed by atoms with E-state index in [-0.39, 0.29) is 12.3 Å². The van der Waals surface area contributed by atoms with Gasteiger partial charge in [0.2, 0.25) is 0 Å². The molecule has 7 nitrogen and oxygen atoms in total. The van der Waals surface area contributed by atoms with Gasteiger partial charge in [-0.1, -0.05) is 0 Å². The van der Waals surface area contributed by atoms with Crippen LogP contribution in [0, 0.1) is 5.92 Å². The molecule has 5 rings (SSSR count). The summed E-state index contributed by atoms with van der Waals surface area (Å²) in [5.74, 6) is 2.48. The molecule has 0 amide bonds. The highest BCUT2D eigenvalue weighted by Gasteiger charge is 2.35. The Balaban J connectivity index is 0.000000126. The second-order valence-electron chi connectivity index (χ2n) is 7.74. The zero-order valence-corrected chi connectivity index (χ0v) is 15.0.